The van der Waals surface area contributed by atoms with Crippen molar-refractivity contribution in [3.8, 4) is 0 Å². The maximum atomic E-state index is 12.2. The van der Waals surface area contributed by atoms with Crippen LogP contribution in [0.15, 0.2) is 36.5 Å². The van der Waals surface area contributed by atoms with Gasteiger partial charge in [-0.3, -0.25) is 9.59 Å². The monoisotopic (exact) mass is 296 g/mol. The highest BCUT2D eigenvalue weighted by atomic mass is 16.2. The molecule has 6 heteroatoms. The number of nitrogens with one attached hydrogen (secondary N) is 2. The van der Waals surface area contributed by atoms with Crippen LogP contribution in [0.1, 0.15) is 29.8 Å². The zero-order valence-electron chi connectivity index (χ0n) is 12.3. The maximum absolute atomic E-state index is 12.2. The van der Waals surface area contributed by atoms with E-state index in [1.807, 2.05) is 19.9 Å². The molecule has 2 aromatic rings. The summed E-state index contributed by atoms with van der Waals surface area (Å²) in [4.78, 5) is 28.0. The lowest BCUT2D eigenvalue weighted by Crippen LogP contribution is -2.26. The summed E-state index contributed by atoms with van der Waals surface area (Å²) in [5.41, 5.74) is 7.65. The van der Waals surface area contributed by atoms with Gasteiger partial charge in [-0.2, -0.15) is 0 Å². The topological polar surface area (TPSA) is 97.1 Å². The highest BCUT2D eigenvalue weighted by Gasteiger charge is 2.38. The van der Waals surface area contributed by atoms with E-state index in [4.69, 9.17) is 5.73 Å². The van der Waals surface area contributed by atoms with Crippen LogP contribution in [0.3, 0.4) is 0 Å². The first-order valence-corrected chi connectivity index (χ1v) is 6.87. The number of carbonyl (C=O) groups excluding carboxylic acids is 2. The minimum atomic E-state index is -0.564. The van der Waals surface area contributed by atoms with Gasteiger partial charge in [-0.05, 0) is 43.7 Å². The van der Waals surface area contributed by atoms with Crippen LogP contribution in [-0.2, 0) is 10.2 Å². The quantitative estimate of drug-likeness (QED) is 0.791. The number of anilines is 3. The SMILES string of the molecule is CC1(C)C(=O)Nc2cc(NC(=O)c3cccnc3N)ccc21. The number of aromatic nitrogens is 1. The van der Waals surface area contributed by atoms with E-state index >= 15 is 0 Å². The Morgan fingerprint density at radius 3 is 2.82 bits per heavy atom. The molecule has 0 saturated carbocycles. The molecule has 3 rings (SSSR count). The Hall–Kier alpha value is -2.89. The number of nitrogens with zero attached hydrogens (tertiary/aromatic N) is 1. The molecule has 1 aliphatic rings. The highest BCUT2D eigenvalue weighted by Crippen LogP contribution is 2.38. The van der Waals surface area contributed by atoms with Crippen LogP contribution in [0.4, 0.5) is 17.2 Å². The average molecular weight is 296 g/mol. The summed E-state index contributed by atoms with van der Waals surface area (Å²) < 4.78 is 0. The minimum Gasteiger partial charge on any atom is -0.383 e. The number of amides is 2. The van der Waals surface area contributed by atoms with E-state index in [1.54, 1.807) is 24.3 Å². The molecule has 2 heterocycles. The van der Waals surface area contributed by atoms with E-state index in [0.717, 1.165) is 5.56 Å². The van der Waals surface area contributed by atoms with E-state index < -0.39 is 5.41 Å². The maximum Gasteiger partial charge on any atom is 0.259 e. The predicted octanol–water partition coefficient (Wildman–Crippen LogP) is 2.15. The van der Waals surface area contributed by atoms with Crippen LogP contribution in [0.5, 0.6) is 0 Å². The Labute approximate surface area is 127 Å². The van der Waals surface area contributed by atoms with Gasteiger partial charge in [0, 0.05) is 17.6 Å². The van der Waals surface area contributed by atoms with E-state index in [-0.39, 0.29) is 17.6 Å². The fourth-order valence-electron chi connectivity index (χ4n) is 2.48. The summed E-state index contributed by atoms with van der Waals surface area (Å²) >= 11 is 0. The average Bonchev–Trinajstić information content (AvgIpc) is 2.69. The van der Waals surface area contributed by atoms with Crippen LogP contribution in [0, 0.1) is 0 Å². The van der Waals surface area contributed by atoms with Crippen molar-refractivity contribution in [3.05, 3.63) is 47.7 Å². The molecule has 2 amide bonds. The van der Waals surface area contributed by atoms with Crippen LogP contribution >= 0.6 is 0 Å². The van der Waals surface area contributed by atoms with Gasteiger partial charge < -0.3 is 16.4 Å². The number of fused-ring (bicyclic) bond motifs is 1. The van der Waals surface area contributed by atoms with Gasteiger partial charge in [0.25, 0.3) is 5.91 Å². The molecule has 0 bridgehead atoms. The zero-order valence-corrected chi connectivity index (χ0v) is 12.3. The summed E-state index contributed by atoms with van der Waals surface area (Å²) in [5, 5.41) is 5.59. The van der Waals surface area contributed by atoms with Crippen LogP contribution < -0.4 is 16.4 Å². The summed E-state index contributed by atoms with van der Waals surface area (Å²) in [6.07, 6.45) is 1.53. The molecule has 0 atom stereocenters. The minimum absolute atomic E-state index is 0.0533. The summed E-state index contributed by atoms with van der Waals surface area (Å²) in [6, 6.07) is 8.61. The first-order chi connectivity index (χ1) is 10.4. The Morgan fingerprint density at radius 1 is 1.32 bits per heavy atom. The van der Waals surface area contributed by atoms with Crippen molar-refractivity contribution in [2.75, 3.05) is 16.4 Å². The summed E-state index contributed by atoms with van der Waals surface area (Å²) in [7, 11) is 0. The lowest BCUT2D eigenvalue weighted by atomic mass is 9.86. The molecule has 0 saturated heterocycles. The van der Waals surface area contributed by atoms with E-state index in [9.17, 15) is 9.59 Å². The molecule has 112 valence electrons. The van der Waals surface area contributed by atoms with E-state index in [0.29, 0.717) is 16.9 Å². The summed E-state index contributed by atoms with van der Waals surface area (Å²) in [6.45, 7) is 3.73. The molecule has 0 unspecified atom stereocenters. The van der Waals surface area contributed by atoms with Gasteiger partial charge in [-0.1, -0.05) is 6.07 Å². The Balaban J connectivity index is 1.87. The third-order valence-electron chi connectivity index (χ3n) is 3.85. The number of nitrogens with two attached hydrogens (primary N) is 1. The van der Waals surface area contributed by atoms with Crippen molar-refractivity contribution in [1.82, 2.24) is 4.98 Å². The second-order valence-corrected chi connectivity index (χ2v) is 5.73. The molecule has 6 nitrogen and oxygen atoms in total. The van der Waals surface area contributed by atoms with Gasteiger partial charge in [0.2, 0.25) is 5.91 Å². The Kier molecular flexibility index (Phi) is 3.09. The van der Waals surface area contributed by atoms with Gasteiger partial charge in [-0.25, -0.2) is 4.98 Å². The Morgan fingerprint density at radius 2 is 2.09 bits per heavy atom. The number of hydrogen-bond acceptors (Lipinski definition) is 4. The molecule has 0 fully saturated rings. The largest absolute Gasteiger partial charge is 0.383 e. The van der Waals surface area contributed by atoms with Gasteiger partial charge in [0.1, 0.15) is 5.82 Å². The van der Waals surface area contributed by atoms with E-state index in [2.05, 4.69) is 15.6 Å². The predicted molar refractivity (Wildman–Crippen MR) is 84.7 cm³/mol. The van der Waals surface area contributed by atoms with Gasteiger partial charge >= 0.3 is 0 Å². The number of benzene rings is 1. The standard InChI is InChI=1S/C16H16N4O2/c1-16(2)11-6-5-9(8-12(11)20-15(16)22)19-14(21)10-4-3-7-18-13(10)17/h3-8H,1-2H3,(H2,17,18)(H,19,21)(H,20,22). The van der Waals surface area contributed by atoms with Crippen LogP contribution in [0.25, 0.3) is 0 Å². The molecule has 22 heavy (non-hydrogen) atoms. The highest BCUT2D eigenvalue weighted by molar-refractivity contribution is 6.09. The fourth-order valence-corrected chi connectivity index (χ4v) is 2.48. The molecule has 1 aromatic heterocycles. The first kappa shape index (κ1) is 14.1. The molecule has 0 spiro atoms. The van der Waals surface area contributed by atoms with Gasteiger partial charge in [0.05, 0.1) is 11.0 Å². The third kappa shape index (κ3) is 2.18. The zero-order chi connectivity index (χ0) is 15.9. The first-order valence-electron chi connectivity index (χ1n) is 6.87. The summed E-state index contributed by atoms with van der Waals surface area (Å²) in [5.74, 6) is -0.216. The van der Waals surface area contributed by atoms with E-state index in [1.165, 1.54) is 6.20 Å². The Bertz CT molecular complexity index is 783. The van der Waals surface area contributed by atoms with Gasteiger partial charge in [0.15, 0.2) is 0 Å². The second kappa shape index (κ2) is 4.84. The van der Waals surface area contributed by atoms with Gasteiger partial charge in [-0.15, -0.1) is 0 Å². The van der Waals surface area contributed by atoms with Crippen molar-refractivity contribution in [2.24, 2.45) is 0 Å². The van der Waals surface area contributed by atoms with Crippen molar-refractivity contribution in [2.45, 2.75) is 19.3 Å². The number of rotatable bonds is 2. The molecule has 0 radical (unpaired) electrons. The number of carbonyl (C=O) groups is 2. The molecule has 4 N–H and O–H groups in total. The number of hydrogen-bond donors (Lipinski definition) is 3. The third-order valence-corrected chi connectivity index (χ3v) is 3.85. The van der Waals surface area contributed by atoms with Crippen LogP contribution in [0.2, 0.25) is 0 Å². The van der Waals surface area contributed by atoms with Crippen LogP contribution in [-0.4, -0.2) is 16.8 Å². The fraction of sp³-hybridized carbons (Fsp3) is 0.188. The molecular formula is C16H16N4O2. The lowest BCUT2D eigenvalue weighted by molar-refractivity contribution is -0.119. The lowest BCUT2D eigenvalue weighted by Gasteiger charge is -2.15. The number of nitrogen functional groups attached to an aromatic ring is 1. The molecule has 1 aromatic carbocycles. The second-order valence-electron chi connectivity index (χ2n) is 5.73. The van der Waals surface area contributed by atoms with Crippen molar-refractivity contribution < 1.29 is 9.59 Å². The molecular weight excluding hydrogens is 280 g/mol. The van der Waals surface area contributed by atoms with Crippen molar-refractivity contribution >= 4 is 29.0 Å². The van der Waals surface area contributed by atoms with Crippen molar-refractivity contribution in [1.29, 1.82) is 0 Å². The normalized spacial score (nSPS) is 15.1. The number of pyridine rings is 1. The smallest absolute Gasteiger partial charge is 0.259 e. The molecule has 0 aliphatic carbocycles. The van der Waals surface area contributed by atoms with Crippen molar-refractivity contribution in [3.63, 3.8) is 0 Å². The molecule has 1 aliphatic heterocycles.